The monoisotopic (exact) mass is 254 g/mol. The third kappa shape index (κ3) is 2.25. The molecule has 102 valence electrons. The topological polar surface area (TPSA) is 52.6 Å². The molecule has 1 saturated heterocycles. The van der Waals surface area contributed by atoms with Crippen molar-refractivity contribution in [2.75, 3.05) is 0 Å². The second kappa shape index (κ2) is 4.56. The molecule has 2 aliphatic rings. The van der Waals surface area contributed by atoms with Crippen molar-refractivity contribution in [2.45, 2.75) is 59.2 Å². The second-order valence-electron chi connectivity index (χ2n) is 6.18. The van der Waals surface area contributed by atoms with E-state index in [0.29, 0.717) is 6.42 Å². The number of hydrogen-bond donors (Lipinski definition) is 0. The lowest BCUT2D eigenvalue weighted by atomic mass is 9.80. The summed E-state index contributed by atoms with van der Waals surface area (Å²) in [5, 5.41) is 0. The third-order valence-electron chi connectivity index (χ3n) is 4.50. The third-order valence-corrected chi connectivity index (χ3v) is 4.50. The van der Waals surface area contributed by atoms with Gasteiger partial charge in [-0.05, 0) is 33.1 Å². The van der Waals surface area contributed by atoms with Gasteiger partial charge < -0.3 is 9.47 Å². The smallest absolute Gasteiger partial charge is 0.311 e. The summed E-state index contributed by atoms with van der Waals surface area (Å²) in [5.74, 6) is -0.270. The van der Waals surface area contributed by atoms with Gasteiger partial charge in [-0.2, -0.15) is 0 Å². The van der Waals surface area contributed by atoms with Crippen LogP contribution in [-0.4, -0.2) is 24.1 Å². The predicted molar refractivity (Wildman–Crippen MR) is 65.7 cm³/mol. The summed E-state index contributed by atoms with van der Waals surface area (Å²) in [4.78, 5) is 23.6. The Bertz CT molecular complexity index is 361. The fraction of sp³-hybridized carbons (Fsp3) is 0.857. The molecule has 1 heterocycles. The minimum absolute atomic E-state index is 0.0706. The molecule has 0 aromatic rings. The maximum absolute atomic E-state index is 12.1. The molecule has 2 bridgehead atoms. The highest BCUT2D eigenvalue weighted by Gasteiger charge is 2.48. The van der Waals surface area contributed by atoms with Gasteiger partial charge in [0.15, 0.2) is 0 Å². The van der Waals surface area contributed by atoms with Crippen molar-refractivity contribution < 1.29 is 19.1 Å². The Morgan fingerprint density at radius 1 is 1.44 bits per heavy atom. The Balaban J connectivity index is 2.02. The van der Waals surface area contributed by atoms with Crippen molar-refractivity contribution >= 4 is 11.9 Å². The molecule has 0 amide bonds. The summed E-state index contributed by atoms with van der Waals surface area (Å²) in [6, 6.07) is 0. The summed E-state index contributed by atoms with van der Waals surface area (Å²) in [6.45, 7) is 7.75. The molecule has 2 rings (SSSR count). The van der Waals surface area contributed by atoms with Gasteiger partial charge in [0.1, 0.15) is 12.2 Å². The fourth-order valence-electron chi connectivity index (χ4n) is 2.52. The van der Waals surface area contributed by atoms with Gasteiger partial charge in [-0.1, -0.05) is 13.8 Å². The summed E-state index contributed by atoms with van der Waals surface area (Å²) < 4.78 is 10.9. The quantitative estimate of drug-likeness (QED) is 0.725. The van der Waals surface area contributed by atoms with E-state index in [1.54, 1.807) is 0 Å². The maximum Gasteiger partial charge on any atom is 0.311 e. The van der Waals surface area contributed by atoms with Crippen LogP contribution in [0.3, 0.4) is 0 Å². The molecule has 0 aromatic heterocycles. The largest absolute Gasteiger partial charge is 0.462 e. The highest BCUT2D eigenvalue weighted by atomic mass is 16.6. The highest BCUT2D eigenvalue weighted by molar-refractivity contribution is 5.77. The molecule has 4 nitrogen and oxygen atoms in total. The fourth-order valence-corrected chi connectivity index (χ4v) is 2.52. The van der Waals surface area contributed by atoms with Crippen LogP contribution in [0.1, 0.15) is 47.0 Å². The van der Waals surface area contributed by atoms with E-state index in [1.165, 1.54) is 0 Å². The number of rotatable bonds is 3. The van der Waals surface area contributed by atoms with Gasteiger partial charge in [0, 0.05) is 5.92 Å². The number of carbonyl (C=O) groups excluding carboxylic acids is 2. The first-order valence-corrected chi connectivity index (χ1v) is 6.76. The minimum Gasteiger partial charge on any atom is -0.462 e. The highest BCUT2D eigenvalue weighted by Crippen LogP contribution is 2.40. The average molecular weight is 254 g/mol. The zero-order chi connectivity index (χ0) is 13.5. The molecule has 2 fully saturated rings. The molecule has 1 aliphatic carbocycles. The number of hydrogen-bond acceptors (Lipinski definition) is 4. The lowest BCUT2D eigenvalue weighted by Crippen LogP contribution is -2.40. The van der Waals surface area contributed by atoms with Crippen LogP contribution in [0, 0.1) is 17.3 Å². The van der Waals surface area contributed by atoms with Gasteiger partial charge >= 0.3 is 11.9 Å². The van der Waals surface area contributed by atoms with Crippen molar-refractivity contribution in [3.8, 4) is 0 Å². The Morgan fingerprint density at radius 3 is 2.72 bits per heavy atom. The van der Waals surface area contributed by atoms with Gasteiger partial charge in [-0.15, -0.1) is 0 Å². The van der Waals surface area contributed by atoms with E-state index in [1.807, 2.05) is 27.7 Å². The summed E-state index contributed by atoms with van der Waals surface area (Å²) in [5.41, 5.74) is -0.457. The van der Waals surface area contributed by atoms with Crippen molar-refractivity contribution in [1.82, 2.24) is 0 Å². The average Bonchev–Trinajstić information content (AvgIpc) is 2.63. The van der Waals surface area contributed by atoms with Crippen LogP contribution in [-0.2, 0) is 19.1 Å². The number of carbonyl (C=O) groups is 2. The van der Waals surface area contributed by atoms with E-state index in [-0.39, 0.29) is 36.0 Å². The first-order valence-electron chi connectivity index (χ1n) is 6.76. The Hall–Kier alpha value is -1.06. The molecule has 1 aliphatic heterocycles. The zero-order valence-electron chi connectivity index (χ0n) is 11.6. The van der Waals surface area contributed by atoms with Crippen molar-refractivity contribution in [2.24, 2.45) is 17.3 Å². The van der Waals surface area contributed by atoms with Gasteiger partial charge in [0.25, 0.3) is 0 Å². The standard InChI is InChI=1S/C14H22O4/c1-5-14(3,4)13(16)18-11-7-9-6-10(8(11)2)17-12(9)15/h8-11H,5-7H2,1-4H3. The second-order valence-corrected chi connectivity index (χ2v) is 6.18. The molecule has 4 unspecified atom stereocenters. The number of esters is 2. The first-order chi connectivity index (χ1) is 8.35. The van der Waals surface area contributed by atoms with Crippen LogP contribution in [0.5, 0.6) is 0 Å². The lowest BCUT2D eigenvalue weighted by molar-refractivity contribution is -0.166. The van der Waals surface area contributed by atoms with E-state index in [0.717, 1.165) is 12.8 Å². The van der Waals surface area contributed by atoms with Gasteiger partial charge in [-0.3, -0.25) is 9.59 Å². The molecule has 0 radical (unpaired) electrons. The van der Waals surface area contributed by atoms with Crippen LogP contribution in [0.2, 0.25) is 0 Å². The van der Waals surface area contributed by atoms with Crippen molar-refractivity contribution in [3.63, 3.8) is 0 Å². The molecular formula is C14H22O4. The van der Waals surface area contributed by atoms with E-state index in [2.05, 4.69) is 0 Å². The Labute approximate surface area is 108 Å². The van der Waals surface area contributed by atoms with Crippen LogP contribution in [0.15, 0.2) is 0 Å². The van der Waals surface area contributed by atoms with Crippen LogP contribution < -0.4 is 0 Å². The van der Waals surface area contributed by atoms with Crippen LogP contribution in [0.4, 0.5) is 0 Å². The summed E-state index contributed by atoms with van der Waals surface area (Å²) in [7, 11) is 0. The normalized spacial score (nSPS) is 35.2. The van der Waals surface area contributed by atoms with E-state index in [4.69, 9.17) is 9.47 Å². The molecular weight excluding hydrogens is 232 g/mol. The molecule has 0 aromatic carbocycles. The molecule has 4 atom stereocenters. The SMILES string of the molecule is CCC(C)(C)C(=O)OC1CC2CC(OC2=O)C1C. The van der Waals surface area contributed by atoms with Crippen molar-refractivity contribution in [3.05, 3.63) is 0 Å². The molecule has 0 N–H and O–H groups in total. The summed E-state index contributed by atoms with van der Waals surface area (Å²) in [6.07, 6.45) is 1.89. The first kappa shape index (κ1) is 13.4. The predicted octanol–water partition coefficient (Wildman–Crippen LogP) is 2.31. The molecule has 1 saturated carbocycles. The molecule has 0 spiro atoms. The summed E-state index contributed by atoms with van der Waals surface area (Å²) >= 11 is 0. The Kier molecular flexibility index (Phi) is 3.39. The van der Waals surface area contributed by atoms with E-state index < -0.39 is 5.41 Å². The van der Waals surface area contributed by atoms with Gasteiger partial charge in [0.2, 0.25) is 0 Å². The maximum atomic E-state index is 12.1. The zero-order valence-corrected chi connectivity index (χ0v) is 11.6. The lowest BCUT2D eigenvalue weighted by Gasteiger charge is -2.33. The number of ether oxygens (including phenoxy) is 2. The van der Waals surface area contributed by atoms with Gasteiger partial charge in [0.05, 0.1) is 11.3 Å². The van der Waals surface area contributed by atoms with Gasteiger partial charge in [-0.25, -0.2) is 0 Å². The minimum atomic E-state index is -0.457. The van der Waals surface area contributed by atoms with E-state index >= 15 is 0 Å². The van der Waals surface area contributed by atoms with Crippen LogP contribution >= 0.6 is 0 Å². The van der Waals surface area contributed by atoms with Crippen LogP contribution in [0.25, 0.3) is 0 Å². The Morgan fingerprint density at radius 2 is 2.11 bits per heavy atom. The molecule has 4 heteroatoms. The van der Waals surface area contributed by atoms with Crippen molar-refractivity contribution in [1.29, 1.82) is 0 Å². The van der Waals surface area contributed by atoms with E-state index in [9.17, 15) is 9.59 Å². The number of fused-ring (bicyclic) bond motifs is 2. The molecule has 18 heavy (non-hydrogen) atoms.